The molecule has 0 aliphatic carbocycles. The highest BCUT2D eigenvalue weighted by molar-refractivity contribution is 9.10. The molecule has 0 bridgehead atoms. The van der Waals surface area contributed by atoms with E-state index in [1.807, 2.05) is 0 Å². The van der Waals surface area contributed by atoms with Crippen LogP contribution in [0.4, 0.5) is 0 Å². The quantitative estimate of drug-likeness (QED) is 0.783. The van der Waals surface area contributed by atoms with Gasteiger partial charge in [-0.25, -0.2) is 0 Å². The van der Waals surface area contributed by atoms with Crippen LogP contribution in [0.5, 0.6) is 5.75 Å². The highest BCUT2D eigenvalue weighted by Crippen LogP contribution is 2.32. The molecule has 0 amide bonds. The van der Waals surface area contributed by atoms with Crippen molar-refractivity contribution in [3.63, 3.8) is 0 Å². The molecule has 3 rings (SSSR count). The van der Waals surface area contributed by atoms with Crippen LogP contribution in [0.2, 0.25) is 0 Å². The van der Waals surface area contributed by atoms with E-state index in [0.717, 1.165) is 23.4 Å². The van der Waals surface area contributed by atoms with Crippen molar-refractivity contribution in [1.82, 2.24) is 4.90 Å². The van der Waals surface area contributed by atoms with Crippen LogP contribution in [-0.4, -0.2) is 31.1 Å². The number of ether oxygens (including phenoxy) is 1. The lowest BCUT2D eigenvalue weighted by atomic mass is 10.1. The molecule has 1 saturated heterocycles. The summed E-state index contributed by atoms with van der Waals surface area (Å²) in [5.74, 6) is 0.948. The third-order valence-corrected chi connectivity index (χ3v) is 5.01. The summed E-state index contributed by atoms with van der Waals surface area (Å²) >= 11 is 3.68. The molecule has 2 aromatic carbocycles. The average Bonchev–Trinajstić information content (AvgIpc) is 2.79. The number of rotatable bonds is 4. The number of likely N-dealkylation sites (tertiary alicyclic amines) is 1. The van der Waals surface area contributed by atoms with E-state index < -0.39 is 0 Å². The van der Waals surface area contributed by atoms with Crippen LogP contribution >= 0.6 is 15.9 Å². The Labute approximate surface area is 135 Å². The Morgan fingerprint density at radius 1 is 0.952 bits per heavy atom. The zero-order valence-electron chi connectivity index (χ0n) is 12.4. The van der Waals surface area contributed by atoms with Gasteiger partial charge in [-0.05, 0) is 58.7 Å². The van der Waals surface area contributed by atoms with E-state index in [2.05, 4.69) is 57.2 Å². The average molecular weight is 348 g/mol. The van der Waals surface area contributed by atoms with Gasteiger partial charge in [-0.3, -0.25) is 4.90 Å². The van der Waals surface area contributed by atoms with E-state index >= 15 is 0 Å². The third kappa shape index (κ3) is 3.78. The predicted octanol–water partition coefficient (Wildman–Crippen LogP) is 4.86. The van der Waals surface area contributed by atoms with Gasteiger partial charge < -0.3 is 4.74 Å². The van der Waals surface area contributed by atoms with Gasteiger partial charge in [0.1, 0.15) is 12.4 Å². The molecule has 2 nitrogen and oxygen atoms in total. The number of hydrogen-bond donors (Lipinski definition) is 0. The standard InChI is InChI=1S/C18H22BrNO/c19-18-16-8-4-3-7-15(16)9-10-17(18)21-14-13-20-11-5-1-2-6-12-20/h3-4,7-10H,1-2,5-6,11-14H2. The van der Waals surface area contributed by atoms with Crippen LogP contribution in [0.15, 0.2) is 40.9 Å². The third-order valence-electron chi connectivity index (χ3n) is 4.19. The summed E-state index contributed by atoms with van der Waals surface area (Å²) < 4.78 is 7.07. The molecule has 3 heteroatoms. The van der Waals surface area contributed by atoms with E-state index in [1.54, 1.807) is 0 Å². The van der Waals surface area contributed by atoms with Gasteiger partial charge in [-0.2, -0.15) is 0 Å². The molecule has 1 aliphatic heterocycles. The van der Waals surface area contributed by atoms with Gasteiger partial charge in [0.2, 0.25) is 0 Å². The van der Waals surface area contributed by atoms with Crippen molar-refractivity contribution in [2.45, 2.75) is 25.7 Å². The minimum atomic E-state index is 0.761. The smallest absolute Gasteiger partial charge is 0.134 e. The maximum Gasteiger partial charge on any atom is 0.134 e. The predicted molar refractivity (Wildman–Crippen MR) is 92.1 cm³/mol. The molecule has 1 fully saturated rings. The summed E-state index contributed by atoms with van der Waals surface area (Å²) in [6.07, 6.45) is 5.43. The molecular formula is C18H22BrNO. The van der Waals surface area contributed by atoms with Gasteiger partial charge in [0.25, 0.3) is 0 Å². The van der Waals surface area contributed by atoms with Crippen molar-refractivity contribution in [3.05, 3.63) is 40.9 Å². The first-order chi connectivity index (χ1) is 10.3. The van der Waals surface area contributed by atoms with E-state index in [9.17, 15) is 0 Å². The van der Waals surface area contributed by atoms with Crippen molar-refractivity contribution in [3.8, 4) is 5.75 Å². The summed E-state index contributed by atoms with van der Waals surface area (Å²) in [6.45, 7) is 4.24. The molecule has 0 atom stereocenters. The van der Waals surface area contributed by atoms with Gasteiger partial charge in [-0.15, -0.1) is 0 Å². The maximum atomic E-state index is 6.00. The molecule has 112 valence electrons. The van der Waals surface area contributed by atoms with Crippen LogP contribution in [0.1, 0.15) is 25.7 Å². The Morgan fingerprint density at radius 2 is 1.71 bits per heavy atom. The number of nitrogens with zero attached hydrogens (tertiary/aromatic N) is 1. The lowest BCUT2D eigenvalue weighted by Crippen LogP contribution is -2.29. The first-order valence-electron chi connectivity index (χ1n) is 7.87. The van der Waals surface area contributed by atoms with E-state index in [1.165, 1.54) is 49.5 Å². The second-order valence-corrected chi connectivity index (χ2v) is 6.50. The van der Waals surface area contributed by atoms with Crippen LogP contribution < -0.4 is 4.74 Å². The van der Waals surface area contributed by atoms with Gasteiger partial charge >= 0.3 is 0 Å². The fourth-order valence-corrected chi connectivity index (χ4v) is 3.58. The molecule has 0 N–H and O–H groups in total. The molecule has 2 aromatic rings. The summed E-state index contributed by atoms with van der Waals surface area (Å²) in [5.41, 5.74) is 0. The SMILES string of the molecule is Brc1c(OCCN2CCCCCC2)ccc2ccccc12. The van der Waals surface area contributed by atoms with Crippen molar-refractivity contribution in [1.29, 1.82) is 0 Å². The Hall–Kier alpha value is -1.06. The molecule has 0 radical (unpaired) electrons. The zero-order chi connectivity index (χ0) is 14.5. The lowest BCUT2D eigenvalue weighted by Gasteiger charge is -2.20. The lowest BCUT2D eigenvalue weighted by molar-refractivity contribution is 0.213. The van der Waals surface area contributed by atoms with E-state index in [0.29, 0.717) is 0 Å². The molecule has 1 aliphatic rings. The van der Waals surface area contributed by atoms with Crippen molar-refractivity contribution >= 4 is 26.7 Å². The number of benzene rings is 2. The second-order valence-electron chi connectivity index (χ2n) is 5.70. The Balaban J connectivity index is 1.61. The highest BCUT2D eigenvalue weighted by Gasteiger charge is 2.10. The summed E-state index contributed by atoms with van der Waals surface area (Å²) in [7, 11) is 0. The molecule has 1 heterocycles. The van der Waals surface area contributed by atoms with Crippen LogP contribution in [-0.2, 0) is 0 Å². The summed E-state index contributed by atoms with van der Waals surface area (Å²) in [4.78, 5) is 2.53. The minimum Gasteiger partial charge on any atom is -0.491 e. The minimum absolute atomic E-state index is 0.761. The number of hydrogen-bond acceptors (Lipinski definition) is 2. The van der Waals surface area contributed by atoms with Gasteiger partial charge in [0, 0.05) is 6.54 Å². The Kier molecular flexibility index (Phi) is 5.15. The fourth-order valence-electron chi connectivity index (χ4n) is 2.97. The topological polar surface area (TPSA) is 12.5 Å². The molecule has 0 saturated carbocycles. The largest absolute Gasteiger partial charge is 0.491 e. The van der Waals surface area contributed by atoms with E-state index in [-0.39, 0.29) is 0 Å². The van der Waals surface area contributed by atoms with Crippen LogP contribution in [0, 0.1) is 0 Å². The molecule has 0 spiro atoms. The van der Waals surface area contributed by atoms with Crippen molar-refractivity contribution < 1.29 is 4.74 Å². The number of halogens is 1. The molecular weight excluding hydrogens is 326 g/mol. The fraction of sp³-hybridized carbons (Fsp3) is 0.444. The Morgan fingerprint density at radius 3 is 2.52 bits per heavy atom. The summed E-state index contributed by atoms with van der Waals surface area (Å²) in [6, 6.07) is 12.6. The monoisotopic (exact) mass is 347 g/mol. The van der Waals surface area contributed by atoms with Gasteiger partial charge in [-0.1, -0.05) is 43.2 Å². The van der Waals surface area contributed by atoms with Crippen LogP contribution in [0.3, 0.4) is 0 Å². The first-order valence-corrected chi connectivity index (χ1v) is 8.66. The van der Waals surface area contributed by atoms with Gasteiger partial charge in [0.15, 0.2) is 0 Å². The van der Waals surface area contributed by atoms with Crippen LogP contribution in [0.25, 0.3) is 10.8 Å². The molecule has 0 aromatic heterocycles. The van der Waals surface area contributed by atoms with Crippen molar-refractivity contribution in [2.24, 2.45) is 0 Å². The maximum absolute atomic E-state index is 6.00. The molecule has 21 heavy (non-hydrogen) atoms. The highest BCUT2D eigenvalue weighted by atomic mass is 79.9. The Bertz CT molecular complexity index is 591. The van der Waals surface area contributed by atoms with Gasteiger partial charge in [0.05, 0.1) is 4.47 Å². The normalized spacial score (nSPS) is 16.8. The second kappa shape index (κ2) is 7.28. The zero-order valence-corrected chi connectivity index (χ0v) is 13.9. The van der Waals surface area contributed by atoms with Crippen molar-refractivity contribution in [2.75, 3.05) is 26.2 Å². The molecule has 0 unspecified atom stereocenters. The van der Waals surface area contributed by atoms with E-state index in [4.69, 9.17) is 4.74 Å². The number of fused-ring (bicyclic) bond motifs is 1. The summed E-state index contributed by atoms with van der Waals surface area (Å²) in [5, 5.41) is 2.45. The first kappa shape index (κ1) is 14.9.